The van der Waals surface area contributed by atoms with Gasteiger partial charge in [0.25, 0.3) is 0 Å². The number of nitrogens with zero attached hydrogens (tertiary/aromatic N) is 2. The molecular formula is C15H18N2O. The summed E-state index contributed by atoms with van der Waals surface area (Å²) in [7, 11) is 0. The summed E-state index contributed by atoms with van der Waals surface area (Å²) < 4.78 is 0. The Balaban J connectivity index is 2.13. The van der Waals surface area contributed by atoms with Crippen LogP contribution in [0, 0.1) is 17.2 Å². The van der Waals surface area contributed by atoms with Gasteiger partial charge in [-0.15, -0.1) is 0 Å². The summed E-state index contributed by atoms with van der Waals surface area (Å²) in [5.41, 5.74) is 0.779. The summed E-state index contributed by atoms with van der Waals surface area (Å²) in [5, 5.41) is 9.26. The van der Waals surface area contributed by atoms with Crippen LogP contribution < -0.4 is 0 Å². The minimum absolute atomic E-state index is 0.0744. The maximum Gasteiger partial charge on any atom is 0.157 e. The van der Waals surface area contributed by atoms with Crippen LogP contribution in [-0.2, 0) is 4.79 Å². The van der Waals surface area contributed by atoms with E-state index < -0.39 is 5.92 Å². The van der Waals surface area contributed by atoms with Crippen molar-refractivity contribution in [3.8, 4) is 6.07 Å². The molecule has 3 nitrogen and oxygen atoms in total. The molecule has 0 aromatic carbocycles. The lowest BCUT2D eigenvalue weighted by Crippen LogP contribution is -2.21. The van der Waals surface area contributed by atoms with Crippen LogP contribution in [0.5, 0.6) is 0 Å². The van der Waals surface area contributed by atoms with Crippen LogP contribution in [0.15, 0.2) is 24.5 Å². The number of carbonyl (C=O) groups excluding carboxylic acids is 1. The lowest BCUT2D eigenvalue weighted by Gasteiger charge is -2.16. The smallest absolute Gasteiger partial charge is 0.157 e. The molecule has 1 aliphatic carbocycles. The van der Waals surface area contributed by atoms with Crippen molar-refractivity contribution in [1.29, 1.82) is 5.26 Å². The number of rotatable bonds is 3. The Bertz CT molecular complexity index is 428. The van der Waals surface area contributed by atoms with Crippen LogP contribution in [0.4, 0.5) is 0 Å². The van der Waals surface area contributed by atoms with E-state index >= 15 is 0 Å². The summed E-state index contributed by atoms with van der Waals surface area (Å²) in [6.45, 7) is 0. The van der Waals surface area contributed by atoms with Crippen molar-refractivity contribution in [1.82, 2.24) is 4.98 Å². The maximum atomic E-state index is 12.4. The van der Waals surface area contributed by atoms with E-state index in [9.17, 15) is 10.1 Å². The SMILES string of the molecule is N#CC(C(=O)C1CCCCCC1)c1ccncc1. The molecule has 0 saturated heterocycles. The molecule has 0 spiro atoms. The highest BCUT2D eigenvalue weighted by atomic mass is 16.1. The summed E-state index contributed by atoms with van der Waals surface area (Å²) >= 11 is 0. The minimum Gasteiger partial charge on any atom is -0.298 e. The quantitative estimate of drug-likeness (QED) is 0.765. The second kappa shape index (κ2) is 6.30. The molecule has 1 saturated carbocycles. The van der Waals surface area contributed by atoms with Crippen molar-refractivity contribution in [2.75, 3.05) is 0 Å². The molecule has 0 radical (unpaired) electrons. The number of ketones is 1. The van der Waals surface area contributed by atoms with Gasteiger partial charge in [0.2, 0.25) is 0 Å². The Morgan fingerprint density at radius 2 is 1.83 bits per heavy atom. The average Bonchev–Trinajstić information content (AvgIpc) is 2.69. The zero-order valence-electron chi connectivity index (χ0n) is 10.5. The predicted octanol–water partition coefficient (Wildman–Crippen LogP) is 3.23. The van der Waals surface area contributed by atoms with Gasteiger partial charge in [0, 0.05) is 18.3 Å². The van der Waals surface area contributed by atoms with Crippen molar-refractivity contribution in [3.05, 3.63) is 30.1 Å². The highest BCUT2D eigenvalue weighted by Crippen LogP contribution is 2.29. The second-order valence-corrected chi connectivity index (χ2v) is 4.93. The molecule has 1 aliphatic rings. The van der Waals surface area contributed by atoms with Gasteiger partial charge >= 0.3 is 0 Å². The number of carbonyl (C=O) groups is 1. The molecule has 0 amide bonds. The third-order valence-corrected chi connectivity index (χ3v) is 3.71. The van der Waals surface area contributed by atoms with Gasteiger partial charge in [-0.1, -0.05) is 25.7 Å². The molecular weight excluding hydrogens is 224 g/mol. The lowest BCUT2D eigenvalue weighted by molar-refractivity contribution is -0.123. The Kier molecular flexibility index (Phi) is 4.46. The molecule has 1 aromatic heterocycles. The van der Waals surface area contributed by atoms with Crippen LogP contribution in [0.25, 0.3) is 0 Å². The first-order valence-corrected chi connectivity index (χ1v) is 6.66. The Hall–Kier alpha value is -1.69. The van der Waals surface area contributed by atoms with Crippen molar-refractivity contribution < 1.29 is 4.79 Å². The van der Waals surface area contributed by atoms with Crippen molar-refractivity contribution in [2.24, 2.45) is 5.92 Å². The number of pyridine rings is 1. The monoisotopic (exact) mass is 242 g/mol. The molecule has 0 bridgehead atoms. The van der Waals surface area contributed by atoms with Crippen LogP contribution in [-0.4, -0.2) is 10.8 Å². The first-order valence-electron chi connectivity index (χ1n) is 6.66. The lowest BCUT2D eigenvalue weighted by atomic mass is 9.85. The van der Waals surface area contributed by atoms with Crippen molar-refractivity contribution >= 4 is 5.78 Å². The first kappa shape index (κ1) is 12.8. The highest BCUT2D eigenvalue weighted by molar-refractivity contribution is 5.90. The molecule has 0 N–H and O–H groups in total. The second-order valence-electron chi connectivity index (χ2n) is 4.93. The zero-order valence-corrected chi connectivity index (χ0v) is 10.5. The van der Waals surface area contributed by atoms with E-state index in [0.717, 1.165) is 31.2 Å². The van der Waals surface area contributed by atoms with Crippen molar-refractivity contribution in [2.45, 2.75) is 44.4 Å². The molecule has 2 rings (SSSR count). The summed E-state index contributed by atoms with van der Waals surface area (Å²) in [6, 6.07) is 5.69. The van der Waals surface area contributed by atoms with Crippen LogP contribution in [0.1, 0.15) is 50.0 Å². The third-order valence-electron chi connectivity index (χ3n) is 3.71. The first-order chi connectivity index (χ1) is 8.83. The maximum absolute atomic E-state index is 12.4. The van der Waals surface area contributed by atoms with Gasteiger partial charge in [-0.05, 0) is 30.5 Å². The molecule has 0 aliphatic heterocycles. The topological polar surface area (TPSA) is 53.8 Å². The fourth-order valence-electron chi connectivity index (χ4n) is 2.66. The molecule has 1 unspecified atom stereocenters. The number of hydrogen-bond acceptors (Lipinski definition) is 3. The van der Waals surface area contributed by atoms with Gasteiger partial charge in [0.05, 0.1) is 6.07 Å². The number of hydrogen-bond donors (Lipinski definition) is 0. The van der Waals surface area contributed by atoms with E-state index in [4.69, 9.17) is 0 Å². The molecule has 3 heteroatoms. The van der Waals surface area contributed by atoms with E-state index in [2.05, 4.69) is 11.1 Å². The Morgan fingerprint density at radius 1 is 1.22 bits per heavy atom. The van der Waals surface area contributed by atoms with E-state index in [1.165, 1.54) is 12.8 Å². The van der Waals surface area contributed by atoms with E-state index in [-0.39, 0.29) is 11.7 Å². The molecule has 1 fully saturated rings. The van der Waals surface area contributed by atoms with E-state index in [0.29, 0.717) is 0 Å². The third kappa shape index (κ3) is 2.95. The van der Waals surface area contributed by atoms with Crippen molar-refractivity contribution in [3.63, 3.8) is 0 Å². The molecule has 94 valence electrons. The van der Waals surface area contributed by atoms with Gasteiger partial charge in [-0.3, -0.25) is 9.78 Å². The number of nitriles is 1. The number of aromatic nitrogens is 1. The fraction of sp³-hybridized carbons (Fsp3) is 0.533. The molecule has 18 heavy (non-hydrogen) atoms. The van der Waals surface area contributed by atoms with Crippen LogP contribution in [0.3, 0.4) is 0 Å². The highest BCUT2D eigenvalue weighted by Gasteiger charge is 2.28. The normalized spacial score (nSPS) is 18.6. The summed E-state index contributed by atoms with van der Waals surface area (Å²) in [4.78, 5) is 16.4. The number of Topliss-reactive ketones (excluding diaryl/α,β-unsaturated/α-hetero) is 1. The Labute approximate surface area is 108 Å². The molecule has 1 heterocycles. The summed E-state index contributed by atoms with van der Waals surface area (Å²) in [5.74, 6) is -0.438. The summed E-state index contributed by atoms with van der Waals surface area (Å²) in [6.07, 6.45) is 9.84. The Morgan fingerprint density at radius 3 is 2.39 bits per heavy atom. The average molecular weight is 242 g/mol. The fourth-order valence-corrected chi connectivity index (χ4v) is 2.66. The molecule has 1 aromatic rings. The largest absolute Gasteiger partial charge is 0.298 e. The molecule has 1 atom stereocenters. The standard InChI is InChI=1S/C15H18N2O/c16-11-14(12-7-9-17-10-8-12)15(18)13-5-3-1-2-4-6-13/h7-10,13-14H,1-6H2. The van der Waals surface area contributed by atoms with Gasteiger partial charge < -0.3 is 0 Å². The zero-order chi connectivity index (χ0) is 12.8. The van der Waals surface area contributed by atoms with E-state index in [1.54, 1.807) is 24.5 Å². The van der Waals surface area contributed by atoms with Crippen LogP contribution in [0.2, 0.25) is 0 Å². The van der Waals surface area contributed by atoms with Gasteiger partial charge in [0.15, 0.2) is 5.78 Å². The van der Waals surface area contributed by atoms with Crippen LogP contribution >= 0.6 is 0 Å². The van der Waals surface area contributed by atoms with Gasteiger partial charge in [-0.25, -0.2) is 0 Å². The predicted molar refractivity (Wildman–Crippen MR) is 68.8 cm³/mol. The van der Waals surface area contributed by atoms with Gasteiger partial charge in [0.1, 0.15) is 5.92 Å². The van der Waals surface area contributed by atoms with E-state index in [1.807, 2.05) is 0 Å². The minimum atomic E-state index is -0.615. The van der Waals surface area contributed by atoms with Gasteiger partial charge in [-0.2, -0.15) is 5.26 Å².